The smallest absolute Gasteiger partial charge is 0.236 e. The number of likely N-dealkylation sites (N-methyl/N-ethyl adjacent to an activating group) is 1. The Kier molecular flexibility index (Phi) is 3.88. The van der Waals surface area contributed by atoms with Crippen molar-refractivity contribution < 1.29 is 4.79 Å². The SMILES string of the molecule is CNCC(=O)N1CCC[C@@H]1CS. The second-order valence-electron chi connectivity index (χ2n) is 3.10. The van der Waals surface area contributed by atoms with E-state index in [2.05, 4.69) is 17.9 Å². The summed E-state index contributed by atoms with van der Waals surface area (Å²) in [4.78, 5) is 13.4. The van der Waals surface area contributed by atoms with E-state index in [1.54, 1.807) is 7.05 Å². The lowest BCUT2D eigenvalue weighted by Gasteiger charge is -2.22. The Balaban J connectivity index is 2.43. The molecule has 1 saturated heterocycles. The van der Waals surface area contributed by atoms with Crippen LogP contribution < -0.4 is 5.32 Å². The Morgan fingerprint density at radius 3 is 3.08 bits per heavy atom. The molecule has 4 heteroatoms. The van der Waals surface area contributed by atoms with Crippen molar-refractivity contribution in [2.45, 2.75) is 18.9 Å². The average Bonchev–Trinajstić information content (AvgIpc) is 2.51. The van der Waals surface area contributed by atoms with Crippen molar-refractivity contribution in [1.29, 1.82) is 0 Å². The number of carbonyl (C=O) groups is 1. The van der Waals surface area contributed by atoms with E-state index in [1.807, 2.05) is 4.90 Å². The van der Waals surface area contributed by atoms with Gasteiger partial charge in [-0.25, -0.2) is 0 Å². The van der Waals surface area contributed by atoms with Gasteiger partial charge < -0.3 is 10.2 Å². The van der Waals surface area contributed by atoms with E-state index >= 15 is 0 Å². The fourth-order valence-corrected chi connectivity index (χ4v) is 1.99. The van der Waals surface area contributed by atoms with Crippen molar-refractivity contribution >= 4 is 18.5 Å². The maximum Gasteiger partial charge on any atom is 0.236 e. The molecule has 0 aliphatic carbocycles. The summed E-state index contributed by atoms with van der Waals surface area (Å²) in [6.07, 6.45) is 2.24. The second kappa shape index (κ2) is 4.72. The fraction of sp³-hybridized carbons (Fsp3) is 0.875. The molecular weight excluding hydrogens is 172 g/mol. The molecule has 1 N–H and O–H groups in total. The lowest BCUT2D eigenvalue weighted by molar-refractivity contribution is -0.130. The number of nitrogens with one attached hydrogen (secondary N) is 1. The Hall–Kier alpha value is -0.220. The molecule has 12 heavy (non-hydrogen) atoms. The quantitative estimate of drug-likeness (QED) is 0.617. The molecular formula is C8H16N2OS. The Morgan fingerprint density at radius 1 is 1.75 bits per heavy atom. The summed E-state index contributed by atoms with van der Waals surface area (Å²) in [5.41, 5.74) is 0. The van der Waals surface area contributed by atoms with Gasteiger partial charge in [-0.15, -0.1) is 0 Å². The molecule has 1 amide bonds. The molecule has 3 nitrogen and oxygen atoms in total. The van der Waals surface area contributed by atoms with Gasteiger partial charge in [0, 0.05) is 18.3 Å². The monoisotopic (exact) mass is 188 g/mol. The summed E-state index contributed by atoms with van der Waals surface area (Å²) in [5, 5.41) is 2.87. The maximum absolute atomic E-state index is 11.4. The number of thiol groups is 1. The Labute approximate surface area is 78.9 Å². The van der Waals surface area contributed by atoms with Gasteiger partial charge in [-0.3, -0.25) is 4.79 Å². The highest BCUT2D eigenvalue weighted by Crippen LogP contribution is 2.17. The van der Waals surface area contributed by atoms with Crippen LogP contribution in [0.1, 0.15) is 12.8 Å². The topological polar surface area (TPSA) is 32.3 Å². The van der Waals surface area contributed by atoms with Crippen LogP contribution in [0, 0.1) is 0 Å². The zero-order valence-corrected chi connectivity index (χ0v) is 8.31. The summed E-state index contributed by atoms with van der Waals surface area (Å²) >= 11 is 4.22. The number of hydrogen-bond acceptors (Lipinski definition) is 3. The van der Waals surface area contributed by atoms with Gasteiger partial charge in [0.2, 0.25) is 5.91 Å². The van der Waals surface area contributed by atoms with E-state index in [4.69, 9.17) is 0 Å². The first-order chi connectivity index (χ1) is 5.79. The number of likely N-dealkylation sites (tertiary alicyclic amines) is 1. The molecule has 1 heterocycles. The normalized spacial score (nSPS) is 23.2. The van der Waals surface area contributed by atoms with Crippen LogP contribution >= 0.6 is 12.6 Å². The van der Waals surface area contributed by atoms with Crippen LogP contribution in [-0.2, 0) is 4.79 Å². The van der Waals surface area contributed by atoms with Crippen molar-refractivity contribution in [3.63, 3.8) is 0 Å². The molecule has 1 fully saturated rings. The molecule has 1 aliphatic rings. The summed E-state index contributed by atoms with van der Waals surface area (Å²) in [5.74, 6) is 0.990. The zero-order valence-electron chi connectivity index (χ0n) is 7.42. The molecule has 0 unspecified atom stereocenters. The summed E-state index contributed by atoms with van der Waals surface area (Å²) in [7, 11) is 1.80. The molecule has 1 atom stereocenters. The van der Waals surface area contributed by atoms with Crippen LogP contribution in [0.5, 0.6) is 0 Å². The van der Waals surface area contributed by atoms with Crippen LogP contribution in [-0.4, -0.2) is 42.7 Å². The molecule has 0 spiro atoms. The number of hydrogen-bond donors (Lipinski definition) is 2. The van der Waals surface area contributed by atoms with E-state index in [0.29, 0.717) is 12.6 Å². The standard InChI is InChI=1S/C8H16N2OS/c1-9-5-8(11)10-4-2-3-7(10)6-12/h7,9,12H,2-6H2,1H3/t7-/m1/s1. The number of carbonyl (C=O) groups excluding carboxylic acids is 1. The highest BCUT2D eigenvalue weighted by atomic mass is 32.1. The molecule has 0 aromatic heterocycles. The van der Waals surface area contributed by atoms with Crippen LogP contribution in [0.15, 0.2) is 0 Å². The van der Waals surface area contributed by atoms with Crippen LogP contribution in [0.2, 0.25) is 0 Å². The van der Waals surface area contributed by atoms with Crippen molar-refractivity contribution in [3.8, 4) is 0 Å². The summed E-state index contributed by atoms with van der Waals surface area (Å²) in [6.45, 7) is 1.36. The van der Waals surface area contributed by atoms with E-state index in [1.165, 1.54) is 0 Å². The average molecular weight is 188 g/mol. The van der Waals surface area contributed by atoms with Crippen LogP contribution in [0.3, 0.4) is 0 Å². The third kappa shape index (κ3) is 2.14. The minimum absolute atomic E-state index is 0.203. The van der Waals surface area contributed by atoms with Gasteiger partial charge in [0.25, 0.3) is 0 Å². The lowest BCUT2D eigenvalue weighted by Crippen LogP contribution is -2.41. The van der Waals surface area contributed by atoms with Crippen LogP contribution in [0.25, 0.3) is 0 Å². The summed E-state index contributed by atoms with van der Waals surface area (Å²) < 4.78 is 0. The van der Waals surface area contributed by atoms with Crippen molar-refractivity contribution in [1.82, 2.24) is 10.2 Å². The molecule has 70 valence electrons. The molecule has 1 aliphatic heterocycles. The zero-order chi connectivity index (χ0) is 8.97. The predicted molar refractivity (Wildman–Crippen MR) is 52.5 cm³/mol. The first-order valence-electron chi connectivity index (χ1n) is 4.34. The van der Waals surface area contributed by atoms with Gasteiger partial charge in [0.1, 0.15) is 0 Å². The molecule has 0 bridgehead atoms. The highest BCUT2D eigenvalue weighted by Gasteiger charge is 2.26. The van der Waals surface area contributed by atoms with Crippen molar-refractivity contribution in [2.75, 3.05) is 25.9 Å². The minimum atomic E-state index is 0.203. The van der Waals surface area contributed by atoms with Crippen molar-refractivity contribution in [3.05, 3.63) is 0 Å². The molecule has 0 radical (unpaired) electrons. The second-order valence-corrected chi connectivity index (χ2v) is 3.46. The highest BCUT2D eigenvalue weighted by molar-refractivity contribution is 7.80. The van der Waals surface area contributed by atoms with E-state index < -0.39 is 0 Å². The number of rotatable bonds is 3. The van der Waals surface area contributed by atoms with E-state index in [-0.39, 0.29) is 5.91 Å². The lowest BCUT2D eigenvalue weighted by atomic mass is 10.2. The van der Waals surface area contributed by atoms with E-state index in [9.17, 15) is 4.79 Å². The number of amides is 1. The summed E-state index contributed by atoms with van der Waals surface area (Å²) in [6, 6.07) is 0.370. The van der Waals surface area contributed by atoms with Gasteiger partial charge in [-0.2, -0.15) is 12.6 Å². The molecule has 1 rings (SSSR count). The fourth-order valence-electron chi connectivity index (χ4n) is 1.61. The van der Waals surface area contributed by atoms with Gasteiger partial charge in [-0.05, 0) is 19.9 Å². The Bertz CT molecular complexity index is 163. The van der Waals surface area contributed by atoms with E-state index in [0.717, 1.165) is 25.1 Å². The Morgan fingerprint density at radius 2 is 2.50 bits per heavy atom. The maximum atomic E-state index is 11.4. The third-order valence-corrected chi connectivity index (χ3v) is 2.66. The van der Waals surface area contributed by atoms with Gasteiger partial charge in [-0.1, -0.05) is 0 Å². The molecule has 0 saturated carbocycles. The molecule has 0 aromatic carbocycles. The largest absolute Gasteiger partial charge is 0.338 e. The predicted octanol–water partition coefficient (Wildman–Crippen LogP) is 0.127. The molecule has 0 aromatic rings. The van der Waals surface area contributed by atoms with Crippen LogP contribution in [0.4, 0.5) is 0 Å². The van der Waals surface area contributed by atoms with Gasteiger partial charge in [0.05, 0.1) is 6.54 Å². The first kappa shape index (κ1) is 9.86. The van der Waals surface area contributed by atoms with Gasteiger partial charge in [0.15, 0.2) is 0 Å². The minimum Gasteiger partial charge on any atom is -0.338 e. The van der Waals surface area contributed by atoms with Crippen molar-refractivity contribution in [2.24, 2.45) is 0 Å². The number of nitrogens with zero attached hydrogens (tertiary/aromatic N) is 1. The van der Waals surface area contributed by atoms with Gasteiger partial charge >= 0.3 is 0 Å². The first-order valence-corrected chi connectivity index (χ1v) is 4.97. The third-order valence-electron chi connectivity index (χ3n) is 2.24.